The molecular weight excluding hydrogens is 466 g/mol. The van der Waals surface area contributed by atoms with E-state index in [1.165, 1.54) is 0 Å². The topological polar surface area (TPSA) is 63.9 Å². The van der Waals surface area contributed by atoms with Gasteiger partial charge in [0.15, 0.2) is 4.80 Å². The van der Waals surface area contributed by atoms with E-state index in [9.17, 15) is 8.42 Å². The lowest BCUT2D eigenvalue weighted by Gasteiger charge is -2.20. The molecule has 2 saturated heterocycles. The minimum atomic E-state index is -3.46. The Kier molecular flexibility index (Phi) is 7.29. The van der Waals surface area contributed by atoms with E-state index in [-0.39, 0.29) is 6.10 Å². The highest BCUT2D eigenvalue weighted by molar-refractivity contribution is 7.89. The van der Waals surface area contributed by atoms with Crippen LogP contribution < -0.4 is 4.80 Å². The maximum Gasteiger partial charge on any atom is 0.243 e. The Labute approximate surface area is 205 Å². The van der Waals surface area contributed by atoms with Gasteiger partial charge in [0.05, 0.1) is 28.9 Å². The lowest BCUT2D eigenvalue weighted by molar-refractivity contribution is 0.0968. The van der Waals surface area contributed by atoms with Crippen LogP contribution in [0, 0.1) is 0 Å². The zero-order chi connectivity index (χ0) is 23.4. The summed E-state index contributed by atoms with van der Waals surface area (Å²) in [6.45, 7) is 2.76. The summed E-state index contributed by atoms with van der Waals surface area (Å²) in [6, 6.07) is 17.3. The maximum absolute atomic E-state index is 13.2. The summed E-state index contributed by atoms with van der Waals surface area (Å²) in [5.74, 6) is 0. The highest BCUT2D eigenvalue weighted by Gasteiger charge is 2.25. The molecule has 1 atom stereocenters. The molecule has 0 amide bonds. The van der Waals surface area contributed by atoms with Gasteiger partial charge in [-0.1, -0.05) is 43.2 Å². The van der Waals surface area contributed by atoms with Gasteiger partial charge in [-0.2, -0.15) is 4.31 Å². The second kappa shape index (κ2) is 10.6. The summed E-state index contributed by atoms with van der Waals surface area (Å²) in [7, 11) is -3.46. The Bertz CT molecular complexity index is 1250. The number of thiazole rings is 1. The number of para-hydroxylation sites is 1. The summed E-state index contributed by atoms with van der Waals surface area (Å²) >= 11 is 1.60. The molecule has 180 valence electrons. The Morgan fingerprint density at radius 1 is 0.941 bits per heavy atom. The number of aromatic nitrogens is 1. The van der Waals surface area contributed by atoms with E-state index in [4.69, 9.17) is 9.73 Å². The van der Waals surface area contributed by atoms with Gasteiger partial charge in [-0.15, -0.1) is 11.3 Å². The van der Waals surface area contributed by atoms with E-state index in [1.54, 1.807) is 27.8 Å². The number of sulfonamides is 1. The minimum Gasteiger partial charge on any atom is -0.376 e. The van der Waals surface area contributed by atoms with Crippen LogP contribution in [-0.2, 0) is 21.3 Å². The number of benzene rings is 2. The molecule has 3 heterocycles. The summed E-state index contributed by atoms with van der Waals surface area (Å²) < 4.78 is 36.1. The van der Waals surface area contributed by atoms with Gasteiger partial charge in [-0.25, -0.2) is 13.4 Å². The predicted octanol–water partition coefficient (Wildman–Crippen LogP) is 5.19. The van der Waals surface area contributed by atoms with Crippen LogP contribution in [0.2, 0.25) is 0 Å². The number of nitrogens with zero attached hydrogens (tertiary/aromatic N) is 3. The second-order valence-corrected chi connectivity index (χ2v) is 11.7. The first-order valence-corrected chi connectivity index (χ1v) is 14.4. The van der Waals surface area contributed by atoms with E-state index in [2.05, 4.69) is 9.95 Å². The number of hydrogen-bond acceptors (Lipinski definition) is 5. The van der Waals surface area contributed by atoms with Crippen LogP contribution in [0.15, 0.2) is 69.9 Å². The van der Waals surface area contributed by atoms with Gasteiger partial charge in [0, 0.05) is 25.1 Å². The smallest absolute Gasteiger partial charge is 0.243 e. The van der Waals surface area contributed by atoms with Crippen molar-refractivity contribution in [1.29, 1.82) is 0 Å². The molecule has 6 nitrogen and oxygen atoms in total. The molecule has 34 heavy (non-hydrogen) atoms. The van der Waals surface area contributed by atoms with Crippen molar-refractivity contribution in [2.75, 3.05) is 19.7 Å². The lowest BCUT2D eigenvalue weighted by Crippen LogP contribution is -2.31. The average molecular weight is 498 g/mol. The Balaban J connectivity index is 1.47. The zero-order valence-electron chi connectivity index (χ0n) is 19.3. The first-order valence-electron chi connectivity index (χ1n) is 12.1. The fourth-order valence-corrected chi connectivity index (χ4v) is 7.12. The van der Waals surface area contributed by atoms with Crippen LogP contribution in [0.25, 0.3) is 11.3 Å². The summed E-state index contributed by atoms with van der Waals surface area (Å²) in [5.41, 5.74) is 2.93. The molecule has 0 radical (unpaired) electrons. The standard InChI is InChI=1S/C26H31N3O3S2/c30-34(31,28-16-6-1-2-7-17-28)24-14-12-21(13-15-24)25-20-33-26(27-22-9-4-3-5-10-22)29(25)19-23-11-8-18-32-23/h3-5,9-10,12-15,20,23H,1-2,6-8,11,16-19H2. The van der Waals surface area contributed by atoms with Crippen molar-refractivity contribution in [3.05, 3.63) is 64.8 Å². The number of hydrogen-bond donors (Lipinski definition) is 0. The quantitative estimate of drug-likeness (QED) is 0.471. The monoisotopic (exact) mass is 497 g/mol. The Morgan fingerprint density at radius 3 is 2.35 bits per heavy atom. The van der Waals surface area contributed by atoms with Crippen molar-refractivity contribution in [2.45, 2.75) is 56.1 Å². The SMILES string of the molecule is O=S(=O)(c1ccc(-c2csc(=Nc3ccccc3)n2CC2CCCO2)cc1)N1CCCCCC1. The highest BCUT2D eigenvalue weighted by Crippen LogP contribution is 2.26. The largest absolute Gasteiger partial charge is 0.376 e. The fourth-order valence-electron chi connectivity index (χ4n) is 4.66. The van der Waals surface area contributed by atoms with Crippen LogP contribution in [0.4, 0.5) is 5.69 Å². The minimum absolute atomic E-state index is 0.172. The van der Waals surface area contributed by atoms with E-state index in [1.807, 2.05) is 42.5 Å². The van der Waals surface area contributed by atoms with E-state index in [0.717, 1.165) is 73.4 Å². The van der Waals surface area contributed by atoms with Crippen molar-refractivity contribution >= 4 is 27.0 Å². The normalized spacial score (nSPS) is 20.5. The predicted molar refractivity (Wildman–Crippen MR) is 136 cm³/mol. The van der Waals surface area contributed by atoms with E-state index < -0.39 is 10.0 Å². The van der Waals surface area contributed by atoms with Crippen LogP contribution in [0.3, 0.4) is 0 Å². The first-order chi connectivity index (χ1) is 16.6. The van der Waals surface area contributed by atoms with E-state index >= 15 is 0 Å². The van der Waals surface area contributed by atoms with Crippen molar-refractivity contribution in [3.63, 3.8) is 0 Å². The molecule has 0 N–H and O–H groups in total. The second-order valence-electron chi connectivity index (χ2n) is 8.94. The molecule has 0 spiro atoms. The maximum atomic E-state index is 13.2. The summed E-state index contributed by atoms with van der Waals surface area (Å²) in [5, 5.41) is 2.11. The summed E-state index contributed by atoms with van der Waals surface area (Å²) in [6.07, 6.45) is 6.37. The first kappa shape index (κ1) is 23.5. The molecule has 2 aromatic carbocycles. The molecule has 3 aromatic rings. The molecule has 0 bridgehead atoms. The highest BCUT2D eigenvalue weighted by atomic mass is 32.2. The third kappa shape index (κ3) is 5.20. The molecule has 8 heteroatoms. The third-order valence-electron chi connectivity index (χ3n) is 6.54. The van der Waals surface area contributed by atoms with Crippen LogP contribution in [0.5, 0.6) is 0 Å². The van der Waals surface area contributed by atoms with Gasteiger partial charge in [0.25, 0.3) is 0 Å². The van der Waals surface area contributed by atoms with Crippen molar-refractivity contribution in [2.24, 2.45) is 4.99 Å². The molecule has 0 aliphatic carbocycles. The van der Waals surface area contributed by atoms with Crippen LogP contribution in [0.1, 0.15) is 38.5 Å². The summed E-state index contributed by atoms with van der Waals surface area (Å²) in [4.78, 5) is 6.16. The van der Waals surface area contributed by atoms with Gasteiger partial charge >= 0.3 is 0 Å². The molecule has 1 aromatic heterocycles. The van der Waals surface area contributed by atoms with Crippen molar-refractivity contribution in [3.8, 4) is 11.3 Å². The van der Waals surface area contributed by atoms with E-state index in [0.29, 0.717) is 18.0 Å². The van der Waals surface area contributed by atoms with Crippen molar-refractivity contribution < 1.29 is 13.2 Å². The molecule has 1 unspecified atom stereocenters. The van der Waals surface area contributed by atoms with Crippen LogP contribution >= 0.6 is 11.3 Å². The zero-order valence-corrected chi connectivity index (χ0v) is 20.9. The third-order valence-corrected chi connectivity index (χ3v) is 9.32. The van der Waals surface area contributed by atoms with Gasteiger partial charge in [-0.05, 0) is 55.5 Å². The van der Waals surface area contributed by atoms with Gasteiger partial charge in [0.2, 0.25) is 10.0 Å². The van der Waals surface area contributed by atoms with Gasteiger partial charge in [0.1, 0.15) is 0 Å². The Hall–Kier alpha value is -2.26. The molecular formula is C26H31N3O3S2. The lowest BCUT2D eigenvalue weighted by atomic mass is 10.1. The number of ether oxygens (including phenoxy) is 1. The fraction of sp³-hybridized carbons (Fsp3) is 0.423. The molecule has 5 rings (SSSR count). The van der Waals surface area contributed by atoms with Crippen LogP contribution in [-0.4, -0.2) is 43.1 Å². The Morgan fingerprint density at radius 2 is 1.68 bits per heavy atom. The van der Waals surface area contributed by atoms with Gasteiger partial charge in [-0.3, -0.25) is 0 Å². The average Bonchev–Trinajstić information content (AvgIpc) is 3.42. The number of rotatable bonds is 6. The molecule has 2 aliphatic heterocycles. The molecule has 2 aliphatic rings. The van der Waals surface area contributed by atoms with Gasteiger partial charge < -0.3 is 9.30 Å². The molecule has 0 saturated carbocycles. The molecule has 2 fully saturated rings. The van der Waals surface area contributed by atoms with Crippen molar-refractivity contribution in [1.82, 2.24) is 8.87 Å².